The molecule has 26 heavy (non-hydrogen) atoms. The summed E-state index contributed by atoms with van der Waals surface area (Å²) in [5.74, 6) is -0.239. The van der Waals surface area contributed by atoms with Crippen LogP contribution in [0.2, 0.25) is 0 Å². The van der Waals surface area contributed by atoms with Crippen LogP contribution in [0, 0.1) is 0 Å². The molecular formula is C18H27NO7. The summed E-state index contributed by atoms with van der Waals surface area (Å²) in [7, 11) is 0. The van der Waals surface area contributed by atoms with Crippen LogP contribution in [0.5, 0.6) is 11.5 Å². The zero-order valence-electron chi connectivity index (χ0n) is 15.2. The predicted molar refractivity (Wildman–Crippen MR) is 92.8 cm³/mol. The highest BCUT2D eigenvalue weighted by Gasteiger charge is 2.34. The lowest BCUT2D eigenvalue weighted by Gasteiger charge is -2.25. The van der Waals surface area contributed by atoms with E-state index < -0.39 is 36.1 Å². The average Bonchev–Trinajstić information content (AvgIpc) is 2.91. The molecule has 0 radical (unpaired) electrons. The number of benzene rings is 1. The molecule has 1 aliphatic rings. The SMILES string of the molecule is CCC(O)C(O)C(O)C(O)C(=O)NCCc1ccc2c(c1)OC(C)(C)O2. The molecule has 4 atom stereocenters. The van der Waals surface area contributed by atoms with Gasteiger partial charge in [0.05, 0.1) is 6.10 Å². The molecule has 1 amide bonds. The van der Waals surface area contributed by atoms with Gasteiger partial charge < -0.3 is 35.2 Å². The Balaban J connectivity index is 1.83. The maximum atomic E-state index is 11.9. The van der Waals surface area contributed by atoms with Crippen molar-refractivity contribution in [3.8, 4) is 11.5 Å². The Morgan fingerprint density at radius 2 is 1.77 bits per heavy atom. The van der Waals surface area contributed by atoms with Crippen LogP contribution >= 0.6 is 0 Å². The number of fused-ring (bicyclic) bond motifs is 1. The quantitative estimate of drug-likeness (QED) is 0.426. The second-order valence-corrected chi connectivity index (χ2v) is 6.83. The van der Waals surface area contributed by atoms with E-state index in [0.29, 0.717) is 17.9 Å². The molecule has 8 nitrogen and oxygen atoms in total. The number of carbonyl (C=O) groups excluding carboxylic acids is 1. The number of carbonyl (C=O) groups is 1. The van der Waals surface area contributed by atoms with Gasteiger partial charge in [-0.25, -0.2) is 0 Å². The number of hydrogen-bond acceptors (Lipinski definition) is 7. The maximum absolute atomic E-state index is 11.9. The van der Waals surface area contributed by atoms with Crippen LogP contribution in [0.25, 0.3) is 0 Å². The lowest BCUT2D eigenvalue weighted by atomic mass is 10.0. The number of amides is 1. The molecule has 0 spiro atoms. The van der Waals surface area contributed by atoms with Crippen LogP contribution in [-0.2, 0) is 11.2 Å². The van der Waals surface area contributed by atoms with E-state index in [-0.39, 0.29) is 13.0 Å². The molecule has 0 saturated heterocycles. The van der Waals surface area contributed by atoms with Crippen LogP contribution in [0.15, 0.2) is 18.2 Å². The van der Waals surface area contributed by atoms with Crippen LogP contribution in [0.1, 0.15) is 32.8 Å². The van der Waals surface area contributed by atoms with Crippen LogP contribution in [0.4, 0.5) is 0 Å². The van der Waals surface area contributed by atoms with Gasteiger partial charge in [0.15, 0.2) is 17.6 Å². The number of hydrogen-bond donors (Lipinski definition) is 5. The number of ether oxygens (including phenoxy) is 2. The van der Waals surface area contributed by atoms with Crippen molar-refractivity contribution in [2.75, 3.05) is 6.54 Å². The van der Waals surface area contributed by atoms with Gasteiger partial charge in [0.1, 0.15) is 12.2 Å². The minimum absolute atomic E-state index is 0.188. The Morgan fingerprint density at radius 1 is 1.12 bits per heavy atom. The smallest absolute Gasteiger partial charge is 0.251 e. The Labute approximate surface area is 152 Å². The lowest BCUT2D eigenvalue weighted by molar-refractivity contribution is -0.146. The number of aliphatic hydroxyl groups excluding tert-OH is 4. The zero-order valence-corrected chi connectivity index (χ0v) is 15.2. The molecule has 0 bridgehead atoms. The summed E-state index contributed by atoms with van der Waals surface area (Å²) in [5.41, 5.74) is 0.904. The van der Waals surface area contributed by atoms with Gasteiger partial charge in [0.2, 0.25) is 5.79 Å². The van der Waals surface area contributed by atoms with Crippen molar-refractivity contribution in [2.45, 2.75) is 63.8 Å². The van der Waals surface area contributed by atoms with Gasteiger partial charge in [-0.15, -0.1) is 0 Å². The molecule has 0 aliphatic carbocycles. The van der Waals surface area contributed by atoms with Crippen molar-refractivity contribution in [1.82, 2.24) is 5.32 Å². The minimum atomic E-state index is -1.83. The van der Waals surface area contributed by atoms with Crippen molar-refractivity contribution in [1.29, 1.82) is 0 Å². The highest BCUT2D eigenvalue weighted by molar-refractivity contribution is 5.81. The Hall–Kier alpha value is -1.87. The number of rotatable bonds is 8. The molecule has 4 unspecified atom stereocenters. The molecule has 0 saturated carbocycles. The van der Waals surface area contributed by atoms with Gasteiger partial charge in [-0.05, 0) is 30.5 Å². The third kappa shape index (κ3) is 4.85. The molecule has 1 aromatic carbocycles. The fourth-order valence-electron chi connectivity index (χ4n) is 2.67. The molecule has 5 N–H and O–H groups in total. The molecule has 2 rings (SSSR count). The van der Waals surface area contributed by atoms with Crippen molar-refractivity contribution in [2.24, 2.45) is 0 Å². The first-order chi connectivity index (χ1) is 12.1. The molecule has 146 valence electrons. The third-order valence-electron chi connectivity index (χ3n) is 4.19. The van der Waals surface area contributed by atoms with Crippen molar-refractivity contribution in [3.05, 3.63) is 23.8 Å². The maximum Gasteiger partial charge on any atom is 0.251 e. The summed E-state index contributed by atoms with van der Waals surface area (Å²) in [6, 6.07) is 5.47. The van der Waals surface area contributed by atoms with E-state index in [1.807, 2.05) is 26.0 Å². The fraction of sp³-hybridized carbons (Fsp3) is 0.611. The summed E-state index contributed by atoms with van der Waals surface area (Å²) in [5, 5.41) is 41.3. The van der Waals surface area contributed by atoms with E-state index in [1.165, 1.54) is 0 Å². The first-order valence-electron chi connectivity index (χ1n) is 8.65. The molecule has 1 aromatic rings. The largest absolute Gasteiger partial charge is 0.449 e. The first-order valence-corrected chi connectivity index (χ1v) is 8.65. The fourth-order valence-corrected chi connectivity index (χ4v) is 2.67. The summed E-state index contributed by atoms with van der Waals surface area (Å²) in [6.07, 6.45) is -5.75. The number of aliphatic hydroxyl groups is 4. The normalized spacial score (nSPS) is 19.5. The monoisotopic (exact) mass is 369 g/mol. The summed E-state index contributed by atoms with van der Waals surface area (Å²) >= 11 is 0. The second-order valence-electron chi connectivity index (χ2n) is 6.83. The average molecular weight is 369 g/mol. The second kappa shape index (κ2) is 8.22. The zero-order chi connectivity index (χ0) is 19.5. The Bertz CT molecular complexity index is 634. The van der Waals surface area contributed by atoms with Crippen molar-refractivity contribution < 1.29 is 34.7 Å². The third-order valence-corrected chi connectivity index (χ3v) is 4.19. The lowest BCUT2D eigenvalue weighted by Crippen LogP contribution is -2.51. The highest BCUT2D eigenvalue weighted by atomic mass is 16.7. The summed E-state index contributed by atoms with van der Waals surface area (Å²) in [6.45, 7) is 5.45. The van der Waals surface area contributed by atoms with E-state index in [4.69, 9.17) is 9.47 Å². The van der Waals surface area contributed by atoms with Crippen LogP contribution in [-0.4, -0.2) is 63.1 Å². The van der Waals surface area contributed by atoms with Crippen LogP contribution in [0.3, 0.4) is 0 Å². The summed E-state index contributed by atoms with van der Waals surface area (Å²) < 4.78 is 11.3. The van der Waals surface area contributed by atoms with E-state index in [9.17, 15) is 25.2 Å². The summed E-state index contributed by atoms with van der Waals surface area (Å²) in [4.78, 5) is 11.9. The van der Waals surface area contributed by atoms with Crippen molar-refractivity contribution in [3.63, 3.8) is 0 Å². The van der Waals surface area contributed by atoms with Gasteiger partial charge in [0, 0.05) is 20.4 Å². The van der Waals surface area contributed by atoms with Crippen LogP contribution < -0.4 is 14.8 Å². The Kier molecular flexibility index (Phi) is 6.46. The molecule has 1 aliphatic heterocycles. The van der Waals surface area contributed by atoms with Gasteiger partial charge in [0.25, 0.3) is 5.91 Å². The highest BCUT2D eigenvalue weighted by Crippen LogP contribution is 2.39. The topological polar surface area (TPSA) is 128 Å². The molecular weight excluding hydrogens is 342 g/mol. The van der Waals surface area contributed by atoms with E-state index in [1.54, 1.807) is 13.0 Å². The predicted octanol–water partition coefficient (Wildman–Crippen LogP) is -0.294. The van der Waals surface area contributed by atoms with E-state index in [2.05, 4.69) is 5.32 Å². The van der Waals surface area contributed by atoms with E-state index in [0.717, 1.165) is 5.56 Å². The molecule has 0 fully saturated rings. The first kappa shape index (κ1) is 20.4. The minimum Gasteiger partial charge on any atom is -0.449 e. The standard InChI is InChI=1S/C18H27NO7/c1-4-11(20)14(21)15(22)16(23)17(24)19-8-7-10-5-6-12-13(9-10)26-18(2,3)25-12/h5-6,9,11,14-16,20-23H,4,7-8H2,1-3H3,(H,19,24). The van der Waals surface area contributed by atoms with Crippen molar-refractivity contribution >= 4 is 5.91 Å². The number of nitrogens with one attached hydrogen (secondary N) is 1. The van der Waals surface area contributed by atoms with Gasteiger partial charge in [-0.2, -0.15) is 0 Å². The van der Waals surface area contributed by atoms with Gasteiger partial charge in [-0.3, -0.25) is 4.79 Å². The van der Waals surface area contributed by atoms with Gasteiger partial charge >= 0.3 is 0 Å². The molecule has 8 heteroatoms. The van der Waals surface area contributed by atoms with Gasteiger partial charge in [-0.1, -0.05) is 13.0 Å². The van der Waals surface area contributed by atoms with E-state index >= 15 is 0 Å². The molecule has 0 aromatic heterocycles. The molecule has 1 heterocycles. The Morgan fingerprint density at radius 3 is 2.42 bits per heavy atom.